The Hall–Kier alpha value is -8.02. The van der Waals surface area contributed by atoms with Crippen molar-refractivity contribution in [2.24, 2.45) is 0 Å². The van der Waals surface area contributed by atoms with Crippen LogP contribution >= 0.6 is 0 Å². The van der Waals surface area contributed by atoms with Gasteiger partial charge in [-0.1, -0.05) is 66.7 Å². The Kier molecular flexibility index (Phi) is 7.15. The average Bonchev–Trinajstić information content (AvgIpc) is 3.55. The van der Waals surface area contributed by atoms with Crippen LogP contribution in [0.2, 0.25) is 0 Å². The summed E-state index contributed by atoms with van der Waals surface area (Å²) in [6, 6.07) is 52.5. The minimum absolute atomic E-state index is 0.567. The fourth-order valence-corrected chi connectivity index (χ4v) is 8.94. The molecule has 0 spiro atoms. The van der Waals surface area contributed by atoms with Crippen molar-refractivity contribution >= 4 is 48.8 Å². The lowest BCUT2D eigenvalue weighted by molar-refractivity contribution is 1.42. The van der Waals surface area contributed by atoms with Crippen molar-refractivity contribution in [3.05, 3.63) is 173 Å². The van der Waals surface area contributed by atoms with E-state index in [0.29, 0.717) is 22.4 Å². The number of nitriles is 3. The van der Waals surface area contributed by atoms with E-state index < -0.39 is 0 Å². The molecule has 0 radical (unpaired) electrons. The lowest BCUT2D eigenvalue weighted by atomic mass is 9.84. The molecule has 0 saturated carbocycles. The molecule has 0 heterocycles. The standard InChI is InChI=1S/C52H28N4/c1-29-19-32(27-54)9-14-36(29)44-23-50-46(39-16-13-35(56-3)21-43(39)44)22-45(37-15-10-33(28-55)20-30(37)2)49-24-47-41-6-4-5-40-38(34-11-7-31(26-53)8-12-34)17-18-42(52(40)41)48(47)25-51(49)50/h4-25H,1-2H3. The lowest BCUT2D eigenvalue weighted by Crippen LogP contribution is -1.93. The lowest BCUT2D eigenvalue weighted by Gasteiger charge is -2.19. The fourth-order valence-electron chi connectivity index (χ4n) is 8.94. The molecule has 0 fully saturated rings. The highest BCUT2D eigenvalue weighted by Crippen LogP contribution is 2.53. The average molecular weight is 709 g/mol. The Morgan fingerprint density at radius 1 is 0.393 bits per heavy atom. The first-order valence-electron chi connectivity index (χ1n) is 18.4. The molecule has 4 heteroatoms. The highest BCUT2D eigenvalue weighted by atomic mass is 14.6. The Morgan fingerprint density at radius 2 is 0.893 bits per heavy atom. The molecule has 56 heavy (non-hydrogen) atoms. The number of hydrogen-bond acceptors (Lipinski definition) is 3. The highest BCUT2D eigenvalue weighted by Gasteiger charge is 2.26. The third-order valence-corrected chi connectivity index (χ3v) is 11.6. The molecule has 0 N–H and O–H groups in total. The van der Waals surface area contributed by atoms with E-state index in [1.807, 2.05) is 73.7 Å². The van der Waals surface area contributed by atoms with E-state index in [-0.39, 0.29) is 0 Å². The monoisotopic (exact) mass is 708 g/mol. The normalized spacial score (nSPS) is 11.3. The van der Waals surface area contributed by atoms with Gasteiger partial charge in [0.05, 0.1) is 41.5 Å². The quantitative estimate of drug-likeness (QED) is 0.135. The molecule has 1 aliphatic carbocycles. The van der Waals surface area contributed by atoms with E-state index >= 15 is 0 Å². The first-order valence-corrected chi connectivity index (χ1v) is 18.4. The Balaban J connectivity index is 1.33. The summed E-state index contributed by atoms with van der Waals surface area (Å²) in [5.74, 6) is 0. The first-order chi connectivity index (χ1) is 27.4. The van der Waals surface area contributed by atoms with Gasteiger partial charge in [0.2, 0.25) is 0 Å². The summed E-state index contributed by atoms with van der Waals surface area (Å²) < 4.78 is 0. The Labute approximate surface area is 323 Å². The highest BCUT2D eigenvalue weighted by molar-refractivity contribution is 6.28. The molecule has 1 aliphatic rings. The van der Waals surface area contributed by atoms with Crippen LogP contribution < -0.4 is 0 Å². The summed E-state index contributed by atoms with van der Waals surface area (Å²) >= 11 is 0. The van der Waals surface area contributed by atoms with Gasteiger partial charge in [0.15, 0.2) is 5.69 Å². The summed E-state index contributed by atoms with van der Waals surface area (Å²) in [6.45, 7) is 12.0. The predicted molar refractivity (Wildman–Crippen MR) is 227 cm³/mol. The van der Waals surface area contributed by atoms with Crippen LogP contribution in [0.25, 0.3) is 104 Å². The number of fused-ring (bicyclic) bond motifs is 8. The molecule has 0 atom stereocenters. The Morgan fingerprint density at radius 3 is 1.50 bits per heavy atom. The minimum atomic E-state index is 0.567. The van der Waals surface area contributed by atoms with Crippen LogP contribution in [0.5, 0.6) is 0 Å². The number of benzene rings is 9. The molecular formula is C52H28N4. The van der Waals surface area contributed by atoms with E-state index in [1.54, 1.807) is 0 Å². The molecular weight excluding hydrogens is 681 g/mol. The van der Waals surface area contributed by atoms with Crippen molar-refractivity contribution in [3.63, 3.8) is 0 Å². The minimum Gasteiger partial charge on any atom is -0.238 e. The van der Waals surface area contributed by atoms with Crippen LogP contribution in [-0.2, 0) is 0 Å². The smallest absolute Gasteiger partial charge is 0.187 e. The van der Waals surface area contributed by atoms with E-state index in [1.165, 1.54) is 27.6 Å². The molecule has 10 rings (SSSR count). The van der Waals surface area contributed by atoms with Gasteiger partial charge in [-0.2, -0.15) is 15.8 Å². The zero-order valence-corrected chi connectivity index (χ0v) is 30.5. The van der Waals surface area contributed by atoms with Gasteiger partial charge in [0, 0.05) is 0 Å². The van der Waals surface area contributed by atoms with Crippen molar-refractivity contribution < 1.29 is 0 Å². The topological polar surface area (TPSA) is 75.7 Å². The second-order valence-electron chi connectivity index (χ2n) is 14.6. The summed E-state index contributed by atoms with van der Waals surface area (Å²) in [5, 5.41) is 37.6. The number of nitrogens with zero attached hydrogens (tertiary/aromatic N) is 4. The van der Waals surface area contributed by atoms with Gasteiger partial charge >= 0.3 is 0 Å². The zero-order chi connectivity index (χ0) is 38.2. The zero-order valence-electron chi connectivity index (χ0n) is 30.5. The van der Waals surface area contributed by atoms with Crippen molar-refractivity contribution in [3.8, 4) is 73.8 Å². The van der Waals surface area contributed by atoms with Crippen LogP contribution in [0.4, 0.5) is 5.69 Å². The molecule has 0 amide bonds. The number of aryl methyl sites for hydroxylation is 2. The van der Waals surface area contributed by atoms with Gasteiger partial charge in [-0.05, 0) is 190 Å². The summed E-state index contributed by atoms with van der Waals surface area (Å²) in [4.78, 5) is 3.81. The molecule has 4 nitrogen and oxygen atoms in total. The maximum absolute atomic E-state index is 9.75. The van der Waals surface area contributed by atoms with Crippen LogP contribution in [0.15, 0.2) is 133 Å². The molecule has 9 aromatic carbocycles. The van der Waals surface area contributed by atoms with E-state index in [0.717, 1.165) is 82.2 Å². The summed E-state index contributed by atoms with van der Waals surface area (Å²) in [6.07, 6.45) is 0. The van der Waals surface area contributed by atoms with Crippen LogP contribution in [0.1, 0.15) is 27.8 Å². The second-order valence-corrected chi connectivity index (χ2v) is 14.6. The largest absolute Gasteiger partial charge is 0.238 e. The van der Waals surface area contributed by atoms with Gasteiger partial charge in [-0.25, -0.2) is 4.85 Å². The number of hydrogen-bond donors (Lipinski definition) is 0. The summed E-state index contributed by atoms with van der Waals surface area (Å²) in [5.41, 5.74) is 15.5. The van der Waals surface area contributed by atoms with Crippen LogP contribution in [0, 0.1) is 54.4 Å². The maximum Gasteiger partial charge on any atom is 0.187 e. The summed E-state index contributed by atoms with van der Waals surface area (Å²) in [7, 11) is 0. The second kappa shape index (κ2) is 12.3. The van der Waals surface area contributed by atoms with E-state index in [9.17, 15) is 15.8 Å². The molecule has 0 saturated heterocycles. The SMILES string of the molecule is [C-]#[N+]c1ccc2c(c1)c(-c1ccc(C#N)cc1C)cc1c3cc4c(cc3c(-c3ccc(C#N)cc3C)cc21)-c1cccc2c(-c3ccc(C#N)cc3)ccc-4c12. The van der Waals surface area contributed by atoms with E-state index in [2.05, 4.69) is 96.7 Å². The van der Waals surface area contributed by atoms with Crippen molar-refractivity contribution in [1.82, 2.24) is 0 Å². The van der Waals surface area contributed by atoms with Gasteiger partial charge in [-0.15, -0.1) is 0 Å². The Bertz CT molecular complexity index is 3410. The third-order valence-electron chi connectivity index (χ3n) is 11.6. The maximum atomic E-state index is 9.75. The molecule has 256 valence electrons. The molecule has 0 aromatic heterocycles. The third kappa shape index (κ3) is 4.75. The van der Waals surface area contributed by atoms with Crippen LogP contribution in [0.3, 0.4) is 0 Å². The van der Waals surface area contributed by atoms with Crippen LogP contribution in [-0.4, -0.2) is 0 Å². The van der Waals surface area contributed by atoms with Gasteiger partial charge in [0.25, 0.3) is 0 Å². The van der Waals surface area contributed by atoms with Gasteiger partial charge < -0.3 is 0 Å². The first kappa shape index (κ1) is 32.6. The van der Waals surface area contributed by atoms with Gasteiger partial charge in [0.1, 0.15) is 0 Å². The van der Waals surface area contributed by atoms with Crippen molar-refractivity contribution in [2.75, 3.05) is 0 Å². The fraction of sp³-hybridized carbons (Fsp3) is 0.0385. The molecule has 0 unspecified atom stereocenters. The number of rotatable bonds is 3. The van der Waals surface area contributed by atoms with Crippen molar-refractivity contribution in [2.45, 2.75) is 13.8 Å². The molecule has 0 aliphatic heterocycles. The predicted octanol–water partition coefficient (Wildman–Crippen LogP) is 13.7. The van der Waals surface area contributed by atoms with Gasteiger partial charge in [-0.3, -0.25) is 0 Å². The molecule has 0 bridgehead atoms. The molecule has 9 aromatic rings. The van der Waals surface area contributed by atoms with Crippen molar-refractivity contribution in [1.29, 1.82) is 15.8 Å². The van der Waals surface area contributed by atoms with E-state index in [4.69, 9.17) is 6.57 Å².